The normalized spacial score (nSPS) is 26.1. The first-order chi connectivity index (χ1) is 12.6. The van der Waals surface area contributed by atoms with Gasteiger partial charge in [0.2, 0.25) is 17.7 Å². The Balaban J connectivity index is 1.79. The number of hydrogen-bond acceptors (Lipinski definition) is 5. The van der Waals surface area contributed by atoms with Crippen LogP contribution in [0.5, 0.6) is 0 Å². The summed E-state index contributed by atoms with van der Waals surface area (Å²) in [5, 5.41) is 2.61. The van der Waals surface area contributed by atoms with Crippen LogP contribution in [0.1, 0.15) is 44.0 Å². The molecule has 1 aromatic carbocycles. The number of nitrogens with zero attached hydrogens (tertiary/aromatic N) is 1. The van der Waals surface area contributed by atoms with Crippen molar-refractivity contribution < 1.29 is 23.9 Å². The number of amides is 3. The molecule has 0 radical (unpaired) electrons. The third-order valence-corrected chi connectivity index (χ3v) is 6.42. The van der Waals surface area contributed by atoms with E-state index in [1.54, 1.807) is 18.2 Å². The first-order valence-corrected chi connectivity index (χ1v) is 8.96. The largest absolute Gasteiger partial charge is 0.465 e. The van der Waals surface area contributed by atoms with Crippen molar-refractivity contribution in [3.63, 3.8) is 0 Å². The Morgan fingerprint density at radius 2 is 1.89 bits per heavy atom. The van der Waals surface area contributed by atoms with Gasteiger partial charge in [-0.15, -0.1) is 0 Å². The molecule has 1 aromatic rings. The number of benzene rings is 1. The number of rotatable bonds is 4. The second-order valence-corrected chi connectivity index (χ2v) is 7.96. The maximum absolute atomic E-state index is 13.0. The Kier molecular flexibility index (Phi) is 4.57. The van der Waals surface area contributed by atoms with Gasteiger partial charge >= 0.3 is 5.97 Å². The maximum Gasteiger partial charge on any atom is 0.339 e. The SMILES string of the molecule is COC(=O)c1ccccc1NC(=O)CN1C(=O)C2CCC(C)(C1=O)C2(C)C. The van der Waals surface area contributed by atoms with Crippen LogP contribution in [-0.4, -0.2) is 42.2 Å². The minimum absolute atomic E-state index is 0.206. The van der Waals surface area contributed by atoms with Crippen LogP contribution in [0.15, 0.2) is 24.3 Å². The van der Waals surface area contributed by atoms with Crippen LogP contribution in [0, 0.1) is 16.7 Å². The van der Waals surface area contributed by atoms with E-state index in [0.717, 1.165) is 4.90 Å². The summed E-state index contributed by atoms with van der Waals surface area (Å²) in [6.07, 6.45) is 1.29. The van der Waals surface area contributed by atoms with E-state index in [9.17, 15) is 19.2 Å². The molecule has 2 aliphatic rings. The van der Waals surface area contributed by atoms with E-state index < -0.39 is 22.7 Å². The van der Waals surface area contributed by atoms with Crippen LogP contribution >= 0.6 is 0 Å². The predicted molar refractivity (Wildman–Crippen MR) is 97.7 cm³/mol. The van der Waals surface area contributed by atoms with E-state index >= 15 is 0 Å². The molecule has 1 saturated carbocycles. The first kappa shape index (κ1) is 19.1. The lowest BCUT2D eigenvalue weighted by Crippen LogP contribution is -2.60. The summed E-state index contributed by atoms with van der Waals surface area (Å²) < 4.78 is 4.71. The van der Waals surface area contributed by atoms with Gasteiger partial charge in [-0.25, -0.2) is 4.79 Å². The molecule has 144 valence electrons. The zero-order valence-electron chi connectivity index (χ0n) is 16.0. The lowest BCUT2D eigenvalue weighted by Gasteiger charge is -2.47. The van der Waals surface area contributed by atoms with Crippen molar-refractivity contribution in [3.05, 3.63) is 29.8 Å². The van der Waals surface area contributed by atoms with Crippen LogP contribution in [0.3, 0.4) is 0 Å². The fourth-order valence-corrected chi connectivity index (χ4v) is 4.26. The highest BCUT2D eigenvalue weighted by Crippen LogP contribution is 2.59. The third kappa shape index (κ3) is 2.81. The van der Waals surface area contributed by atoms with Gasteiger partial charge in [0, 0.05) is 5.92 Å². The van der Waals surface area contributed by atoms with Crippen LogP contribution < -0.4 is 5.32 Å². The number of carbonyl (C=O) groups is 4. The molecule has 1 saturated heterocycles. The Bertz CT molecular complexity index is 831. The van der Waals surface area contributed by atoms with Gasteiger partial charge in [0.05, 0.1) is 23.8 Å². The summed E-state index contributed by atoms with van der Waals surface area (Å²) in [6.45, 7) is 5.41. The maximum atomic E-state index is 13.0. The number of hydrogen-bond donors (Lipinski definition) is 1. The molecule has 2 unspecified atom stereocenters. The van der Waals surface area contributed by atoms with Crippen molar-refractivity contribution in [1.82, 2.24) is 4.90 Å². The lowest BCUT2D eigenvalue weighted by atomic mass is 9.62. The molecule has 3 amide bonds. The summed E-state index contributed by atoms with van der Waals surface area (Å²) >= 11 is 0. The quantitative estimate of drug-likeness (QED) is 0.646. The van der Waals surface area contributed by atoms with Crippen LogP contribution in [0.4, 0.5) is 5.69 Å². The van der Waals surface area contributed by atoms with Crippen molar-refractivity contribution in [3.8, 4) is 0 Å². The average molecular weight is 372 g/mol. The topological polar surface area (TPSA) is 92.8 Å². The highest BCUT2D eigenvalue weighted by Gasteiger charge is 2.64. The minimum atomic E-state index is -0.657. The number of likely N-dealkylation sites (tertiary alicyclic amines) is 1. The Labute approximate surface area is 158 Å². The van der Waals surface area contributed by atoms with E-state index in [1.807, 2.05) is 20.8 Å². The number of piperidine rings is 1. The summed E-state index contributed by atoms with van der Waals surface area (Å²) in [7, 11) is 1.25. The number of esters is 1. The summed E-state index contributed by atoms with van der Waals surface area (Å²) in [4.78, 5) is 51.2. The van der Waals surface area contributed by atoms with Gasteiger partial charge in [0.1, 0.15) is 6.54 Å². The van der Waals surface area contributed by atoms with Gasteiger partial charge in [-0.05, 0) is 30.4 Å². The summed E-state index contributed by atoms with van der Waals surface area (Å²) in [6, 6.07) is 6.42. The molecule has 3 rings (SSSR count). The molecular weight excluding hydrogens is 348 g/mol. The van der Waals surface area contributed by atoms with Gasteiger partial charge in [0.25, 0.3) is 0 Å². The zero-order chi connectivity index (χ0) is 20.0. The molecule has 27 heavy (non-hydrogen) atoms. The fourth-order valence-electron chi connectivity index (χ4n) is 4.26. The van der Waals surface area contributed by atoms with Crippen molar-refractivity contribution >= 4 is 29.4 Å². The first-order valence-electron chi connectivity index (χ1n) is 8.96. The molecule has 1 aliphatic carbocycles. The third-order valence-electron chi connectivity index (χ3n) is 6.42. The molecule has 7 heteroatoms. The van der Waals surface area contributed by atoms with Gasteiger partial charge < -0.3 is 10.1 Å². The highest BCUT2D eigenvalue weighted by molar-refractivity contribution is 6.08. The number of imide groups is 1. The minimum Gasteiger partial charge on any atom is -0.465 e. The molecule has 7 nitrogen and oxygen atoms in total. The number of carbonyl (C=O) groups excluding carboxylic acids is 4. The van der Waals surface area contributed by atoms with E-state index in [2.05, 4.69) is 5.32 Å². The number of nitrogens with one attached hydrogen (secondary N) is 1. The van der Waals surface area contributed by atoms with Crippen molar-refractivity contribution in [2.75, 3.05) is 19.0 Å². The monoisotopic (exact) mass is 372 g/mol. The Morgan fingerprint density at radius 1 is 1.22 bits per heavy atom. The average Bonchev–Trinajstić information content (AvgIpc) is 2.82. The molecule has 1 aliphatic heterocycles. The summed E-state index contributed by atoms with van der Waals surface area (Å²) in [5.41, 5.74) is -0.597. The number of anilines is 1. The number of methoxy groups -OCH3 is 1. The van der Waals surface area contributed by atoms with E-state index in [1.165, 1.54) is 13.2 Å². The molecule has 2 fully saturated rings. The van der Waals surface area contributed by atoms with Crippen LogP contribution in [0.2, 0.25) is 0 Å². The second kappa shape index (κ2) is 6.48. The van der Waals surface area contributed by atoms with E-state index in [4.69, 9.17) is 4.74 Å². The van der Waals surface area contributed by atoms with Crippen molar-refractivity contribution in [1.29, 1.82) is 0 Å². The zero-order valence-corrected chi connectivity index (χ0v) is 16.0. The van der Waals surface area contributed by atoms with Gasteiger partial charge in [-0.3, -0.25) is 19.3 Å². The van der Waals surface area contributed by atoms with Crippen LogP contribution in [0.25, 0.3) is 0 Å². The molecule has 2 atom stereocenters. The molecule has 0 spiro atoms. The van der Waals surface area contributed by atoms with Crippen LogP contribution in [-0.2, 0) is 19.1 Å². The second-order valence-electron chi connectivity index (χ2n) is 7.96. The highest BCUT2D eigenvalue weighted by atomic mass is 16.5. The van der Waals surface area contributed by atoms with Crippen molar-refractivity contribution in [2.45, 2.75) is 33.6 Å². The number of para-hydroxylation sites is 1. The van der Waals surface area contributed by atoms with Gasteiger partial charge in [-0.2, -0.15) is 0 Å². The molecule has 0 aromatic heterocycles. The molecular formula is C20H24N2O5. The Hall–Kier alpha value is -2.70. The molecule has 1 heterocycles. The Morgan fingerprint density at radius 3 is 2.56 bits per heavy atom. The summed E-state index contributed by atoms with van der Waals surface area (Å²) in [5.74, 6) is -1.98. The fraction of sp³-hybridized carbons (Fsp3) is 0.500. The predicted octanol–water partition coefficient (Wildman–Crippen LogP) is 2.22. The van der Waals surface area contributed by atoms with Gasteiger partial charge in [0.15, 0.2) is 0 Å². The molecule has 2 bridgehead atoms. The van der Waals surface area contributed by atoms with E-state index in [-0.39, 0.29) is 35.5 Å². The lowest BCUT2D eigenvalue weighted by molar-refractivity contribution is -0.168. The molecule has 1 N–H and O–H groups in total. The van der Waals surface area contributed by atoms with Gasteiger partial charge in [-0.1, -0.05) is 32.9 Å². The van der Waals surface area contributed by atoms with E-state index in [0.29, 0.717) is 12.8 Å². The number of ether oxygens (including phenoxy) is 1. The van der Waals surface area contributed by atoms with Crippen molar-refractivity contribution in [2.24, 2.45) is 16.7 Å². The number of fused-ring (bicyclic) bond motifs is 2. The smallest absolute Gasteiger partial charge is 0.339 e. The standard InChI is InChI=1S/C20H24N2O5/c1-19(2)13-9-10-20(19,3)18(26)22(16(13)24)11-15(23)21-14-8-6-5-7-12(14)17(25)27-4/h5-8,13H,9-11H2,1-4H3,(H,21,23).